The van der Waals surface area contributed by atoms with Crippen LogP contribution in [0, 0.1) is 0 Å². The SMILES string of the molecule is CC(N)(CCCO)c1ccc2ncoc2c1. The van der Waals surface area contributed by atoms with E-state index in [1.165, 1.54) is 6.39 Å². The van der Waals surface area contributed by atoms with E-state index in [1.54, 1.807) is 0 Å². The van der Waals surface area contributed by atoms with Gasteiger partial charge in [-0.1, -0.05) is 6.07 Å². The first-order valence-electron chi connectivity index (χ1n) is 5.37. The van der Waals surface area contributed by atoms with Crippen LogP contribution in [0.2, 0.25) is 0 Å². The van der Waals surface area contributed by atoms with Gasteiger partial charge in [0.25, 0.3) is 0 Å². The number of benzene rings is 1. The van der Waals surface area contributed by atoms with Crippen molar-refractivity contribution < 1.29 is 9.52 Å². The average molecular weight is 220 g/mol. The van der Waals surface area contributed by atoms with Gasteiger partial charge < -0.3 is 15.3 Å². The molecule has 4 nitrogen and oxygen atoms in total. The summed E-state index contributed by atoms with van der Waals surface area (Å²) in [4.78, 5) is 4.06. The van der Waals surface area contributed by atoms with E-state index in [0.717, 1.165) is 23.1 Å². The summed E-state index contributed by atoms with van der Waals surface area (Å²) in [5.74, 6) is 0. The Hall–Kier alpha value is -1.39. The number of oxazole rings is 1. The van der Waals surface area contributed by atoms with Gasteiger partial charge in [0, 0.05) is 12.1 Å². The van der Waals surface area contributed by atoms with E-state index in [4.69, 9.17) is 15.3 Å². The number of rotatable bonds is 4. The van der Waals surface area contributed by atoms with Crippen LogP contribution in [0.3, 0.4) is 0 Å². The van der Waals surface area contributed by atoms with Gasteiger partial charge in [0.2, 0.25) is 0 Å². The molecule has 1 heterocycles. The second kappa shape index (κ2) is 4.23. The van der Waals surface area contributed by atoms with Crippen LogP contribution in [0.1, 0.15) is 25.3 Å². The van der Waals surface area contributed by atoms with Crippen LogP contribution in [0.15, 0.2) is 29.0 Å². The normalized spacial score (nSPS) is 15.2. The lowest BCUT2D eigenvalue weighted by molar-refractivity contribution is 0.265. The molecule has 0 bridgehead atoms. The number of hydrogen-bond donors (Lipinski definition) is 2. The number of fused-ring (bicyclic) bond motifs is 1. The van der Waals surface area contributed by atoms with E-state index < -0.39 is 5.54 Å². The van der Waals surface area contributed by atoms with Gasteiger partial charge in [0.1, 0.15) is 5.52 Å². The molecule has 1 aromatic heterocycles. The fourth-order valence-corrected chi connectivity index (χ4v) is 1.80. The molecule has 0 radical (unpaired) electrons. The Balaban J connectivity index is 2.30. The highest BCUT2D eigenvalue weighted by Gasteiger charge is 2.21. The summed E-state index contributed by atoms with van der Waals surface area (Å²) in [5, 5.41) is 8.83. The van der Waals surface area contributed by atoms with Gasteiger partial charge in [-0.15, -0.1) is 0 Å². The van der Waals surface area contributed by atoms with Crippen molar-refractivity contribution in [3.63, 3.8) is 0 Å². The molecule has 0 aliphatic carbocycles. The van der Waals surface area contributed by atoms with Crippen molar-refractivity contribution in [2.75, 3.05) is 6.61 Å². The first-order valence-corrected chi connectivity index (χ1v) is 5.37. The predicted molar refractivity (Wildman–Crippen MR) is 61.9 cm³/mol. The van der Waals surface area contributed by atoms with E-state index in [1.807, 2.05) is 25.1 Å². The molecule has 86 valence electrons. The summed E-state index contributed by atoms with van der Waals surface area (Å²) < 4.78 is 5.24. The summed E-state index contributed by atoms with van der Waals surface area (Å²) in [7, 11) is 0. The molecule has 0 fully saturated rings. The van der Waals surface area contributed by atoms with Crippen molar-refractivity contribution in [2.24, 2.45) is 5.73 Å². The van der Waals surface area contributed by atoms with Crippen molar-refractivity contribution >= 4 is 11.1 Å². The molecule has 2 aromatic rings. The molecule has 4 heteroatoms. The zero-order valence-corrected chi connectivity index (χ0v) is 9.31. The van der Waals surface area contributed by atoms with E-state index >= 15 is 0 Å². The van der Waals surface area contributed by atoms with E-state index in [0.29, 0.717) is 6.42 Å². The molecule has 0 aliphatic rings. The summed E-state index contributed by atoms with van der Waals surface area (Å²) in [5.41, 5.74) is 8.36. The average Bonchev–Trinajstić information content (AvgIpc) is 2.73. The van der Waals surface area contributed by atoms with Crippen molar-refractivity contribution in [1.29, 1.82) is 0 Å². The summed E-state index contributed by atoms with van der Waals surface area (Å²) in [6.45, 7) is 2.12. The monoisotopic (exact) mass is 220 g/mol. The third-order valence-corrected chi connectivity index (χ3v) is 2.84. The smallest absolute Gasteiger partial charge is 0.181 e. The van der Waals surface area contributed by atoms with E-state index in [9.17, 15) is 0 Å². The third-order valence-electron chi connectivity index (χ3n) is 2.84. The van der Waals surface area contributed by atoms with Crippen LogP contribution in [0.5, 0.6) is 0 Å². The van der Waals surface area contributed by atoms with Crippen molar-refractivity contribution in [3.8, 4) is 0 Å². The Morgan fingerprint density at radius 1 is 1.50 bits per heavy atom. The lowest BCUT2D eigenvalue weighted by Crippen LogP contribution is -2.33. The van der Waals surface area contributed by atoms with Gasteiger partial charge in [-0.3, -0.25) is 0 Å². The molecule has 2 rings (SSSR count). The molecule has 3 N–H and O–H groups in total. The van der Waals surface area contributed by atoms with E-state index in [2.05, 4.69) is 4.98 Å². The molecule has 0 amide bonds. The molecule has 0 spiro atoms. The van der Waals surface area contributed by atoms with Gasteiger partial charge in [-0.2, -0.15) is 0 Å². The largest absolute Gasteiger partial charge is 0.443 e. The highest BCUT2D eigenvalue weighted by atomic mass is 16.3. The maximum atomic E-state index is 8.83. The van der Waals surface area contributed by atoms with Crippen LogP contribution >= 0.6 is 0 Å². The molecule has 0 saturated carbocycles. The van der Waals surface area contributed by atoms with Crippen molar-refractivity contribution in [1.82, 2.24) is 4.98 Å². The lowest BCUT2D eigenvalue weighted by Gasteiger charge is -2.24. The Morgan fingerprint density at radius 3 is 3.06 bits per heavy atom. The quantitative estimate of drug-likeness (QED) is 0.823. The molecular weight excluding hydrogens is 204 g/mol. The zero-order valence-electron chi connectivity index (χ0n) is 9.31. The van der Waals surface area contributed by atoms with Crippen LogP contribution in [0.4, 0.5) is 0 Å². The maximum absolute atomic E-state index is 8.83. The van der Waals surface area contributed by atoms with Gasteiger partial charge in [-0.05, 0) is 37.5 Å². The molecule has 1 atom stereocenters. The molecule has 0 aliphatic heterocycles. The topological polar surface area (TPSA) is 72.3 Å². The Labute approximate surface area is 94.1 Å². The Kier molecular flexibility index (Phi) is 2.94. The number of hydrogen-bond acceptors (Lipinski definition) is 4. The van der Waals surface area contributed by atoms with Crippen molar-refractivity contribution in [2.45, 2.75) is 25.3 Å². The van der Waals surface area contributed by atoms with Crippen LogP contribution in [-0.4, -0.2) is 16.7 Å². The van der Waals surface area contributed by atoms with E-state index in [-0.39, 0.29) is 6.61 Å². The molecule has 16 heavy (non-hydrogen) atoms. The fraction of sp³-hybridized carbons (Fsp3) is 0.417. The second-order valence-corrected chi connectivity index (χ2v) is 4.28. The molecule has 1 aromatic carbocycles. The standard InChI is InChI=1S/C12H16N2O2/c1-12(13,5-2-6-15)9-3-4-10-11(7-9)16-8-14-10/h3-4,7-8,15H,2,5-6,13H2,1H3. The van der Waals surface area contributed by atoms with Gasteiger partial charge in [0.15, 0.2) is 12.0 Å². The summed E-state index contributed by atoms with van der Waals surface area (Å²) >= 11 is 0. The number of aliphatic hydroxyl groups is 1. The molecule has 0 saturated heterocycles. The summed E-state index contributed by atoms with van der Waals surface area (Å²) in [6, 6.07) is 5.78. The second-order valence-electron chi connectivity index (χ2n) is 4.28. The van der Waals surface area contributed by atoms with Gasteiger partial charge >= 0.3 is 0 Å². The number of nitrogens with two attached hydrogens (primary N) is 1. The van der Waals surface area contributed by atoms with Crippen LogP contribution in [0.25, 0.3) is 11.1 Å². The maximum Gasteiger partial charge on any atom is 0.181 e. The molecule has 1 unspecified atom stereocenters. The Morgan fingerprint density at radius 2 is 2.31 bits per heavy atom. The summed E-state index contributed by atoms with van der Waals surface area (Å²) in [6.07, 6.45) is 2.86. The predicted octanol–water partition coefficient (Wildman–Crippen LogP) is 1.77. The van der Waals surface area contributed by atoms with Gasteiger partial charge in [0.05, 0.1) is 0 Å². The third kappa shape index (κ3) is 2.08. The van der Waals surface area contributed by atoms with Crippen LogP contribution in [-0.2, 0) is 5.54 Å². The van der Waals surface area contributed by atoms with Crippen molar-refractivity contribution in [3.05, 3.63) is 30.2 Å². The minimum Gasteiger partial charge on any atom is -0.443 e. The number of aliphatic hydroxyl groups excluding tert-OH is 1. The minimum atomic E-state index is -0.441. The minimum absolute atomic E-state index is 0.164. The number of nitrogens with zero attached hydrogens (tertiary/aromatic N) is 1. The highest BCUT2D eigenvalue weighted by Crippen LogP contribution is 2.26. The number of aromatic nitrogens is 1. The van der Waals surface area contributed by atoms with Crippen LogP contribution < -0.4 is 5.73 Å². The highest BCUT2D eigenvalue weighted by molar-refractivity contribution is 5.73. The van der Waals surface area contributed by atoms with Gasteiger partial charge in [-0.25, -0.2) is 4.98 Å². The lowest BCUT2D eigenvalue weighted by atomic mass is 9.88. The fourth-order valence-electron chi connectivity index (χ4n) is 1.80. The zero-order chi connectivity index (χ0) is 11.6. The first kappa shape index (κ1) is 11.1. The Bertz CT molecular complexity index is 477. The molecular formula is C12H16N2O2. The first-order chi connectivity index (χ1) is 7.63.